The second kappa shape index (κ2) is 11.4. The Morgan fingerprint density at radius 2 is 1.74 bits per heavy atom. The van der Waals surface area contributed by atoms with Gasteiger partial charge in [0.15, 0.2) is 6.61 Å². The number of anilines is 2. The zero-order valence-corrected chi connectivity index (χ0v) is 27.7. The minimum absolute atomic E-state index is 0.0161. The van der Waals surface area contributed by atoms with Crippen LogP contribution in [0, 0.1) is 29.6 Å². The summed E-state index contributed by atoms with van der Waals surface area (Å²) in [6, 6.07) is 21.9. The highest BCUT2D eigenvalue weighted by molar-refractivity contribution is 9.10. The summed E-state index contributed by atoms with van der Waals surface area (Å²) in [5.41, 5.74) is 2.08. The zero-order chi connectivity index (χ0) is 31.7. The first-order chi connectivity index (χ1) is 22.3. The van der Waals surface area contributed by atoms with E-state index in [0.717, 1.165) is 26.4 Å². The molecule has 46 heavy (non-hydrogen) atoms. The molecule has 2 aliphatic heterocycles. The van der Waals surface area contributed by atoms with Crippen LogP contribution < -0.4 is 24.6 Å². The third-order valence-corrected chi connectivity index (χ3v) is 12.9. The summed E-state index contributed by atoms with van der Waals surface area (Å²) >= 11 is 6.45. The number of rotatable bonds is 7. The van der Waals surface area contributed by atoms with Crippen molar-refractivity contribution in [3.05, 3.63) is 97.4 Å². The second-order valence-corrected chi connectivity index (χ2v) is 15.2. The molecule has 234 valence electrons. The van der Waals surface area contributed by atoms with Crippen molar-refractivity contribution in [1.82, 2.24) is 4.98 Å². The maximum atomic E-state index is 14.1. The number of thiazole rings is 1. The van der Waals surface area contributed by atoms with Crippen molar-refractivity contribution in [2.24, 2.45) is 29.6 Å². The van der Waals surface area contributed by atoms with Gasteiger partial charge in [-0.05, 0) is 78.8 Å². The van der Waals surface area contributed by atoms with Crippen molar-refractivity contribution in [3.63, 3.8) is 0 Å². The standard InChI is InChI=1S/C34H28BrN3O6S2/c1-43-19-10-8-18(9-11-19)38-32(40)27-21-14-22(28(27)33(38)41)29-26(21)25(30-31(45-29)37-34(42)46-30)20-13-16(35)7-12-23(20)44-15-24(39)36-17-5-3-2-4-6-17/h2-13,21-22,25-29H,14-15H2,1H3,(H,36,39)(H,37,42)/t21?,22?,25-,26?,27?,28?,29?/m1/s1. The maximum Gasteiger partial charge on any atom is 0.305 e. The molecular weight excluding hydrogens is 690 g/mol. The number of H-pyrrole nitrogens is 1. The lowest BCUT2D eigenvalue weighted by Crippen LogP contribution is -2.42. The number of carbonyl (C=O) groups is 3. The van der Waals surface area contributed by atoms with Gasteiger partial charge in [-0.1, -0.05) is 45.5 Å². The largest absolute Gasteiger partial charge is 0.497 e. The Labute approximate surface area is 280 Å². The molecule has 3 heterocycles. The van der Waals surface area contributed by atoms with Crippen molar-refractivity contribution < 1.29 is 23.9 Å². The van der Waals surface area contributed by atoms with Gasteiger partial charge in [-0.25, -0.2) is 0 Å². The molecule has 6 unspecified atom stereocenters. The molecule has 1 aromatic heterocycles. The maximum absolute atomic E-state index is 14.1. The van der Waals surface area contributed by atoms with Gasteiger partial charge < -0.3 is 19.8 Å². The highest BCUT2D eigenvalue weighted by Crippen LogP contribution is 2.69. The molecule has 9 nitrogen and oxygen atoms in total. The van der Waals surface area contributed by atoms with Gasteiger partial charge in [0.1, 0.15) is 11.5 Å². The number of halogens is 1. The molecule has 2 saturated carbocycles. The third kappa shape index (κ3) is 4.72. The number of ether oxygens (including phenoxy) is 2. The van der Waals surface area contributed by atoms with Crippen LogP contribution in [0.5, 0.6) is 11.5 Å². The topological polar surface area (TPSA) is 118 Å². The number of nitrogens with zero attached hydrogens (tertiary/aromatic N) is 1. The number of fused-ring (bicyclic) bond motifs is 9. The molecule has 3 amide bonds. The van der Waals surface area contributed by atoms with Gasteiger partial charge in [0, 0.05) is 31.8 Å². The number of thioether (sulfide) groups is 1. The number of aromatic amines is 1. The van der Waals surface area contributed by atoms with Crippen molar-refractivity contribution in [1.29, 1.82) is 0 Å². The Balaban J connectivity index is 1.14. The molecule has 2 N–H and O–H groups in total. The summed E-state index contributed by atoms with van der Waals surface area (Å²) in [7, 11) is 1.58. The van der Waals surface area contributed by atoms with E-state index < -0.39 is 11.8 Å². The predicted molar refractivity (Wildman–Crippen MR) is 179 cm³/mol. The van der Waals surface area contributed by atoms with E-state index in [1.165, 1.54) is 16.2 Å². The second-order valence-electron chi connectivity index (χ2n) is 12.1. The lowest BCUT2D eigenvalue weighted by Gasteiger charge is -2.43. The molecule has 8 rings (SSSR count). The van der Waals surface area contributed by atoms with Gasteiger partial charge in [-0.3, -0.25) is 24.1 Å². The van der Waals surface area contributed by atoms with E-state index in [9.17, 15) is 19.2 Å². The Morgan fingerprint density at radius 1 is 1.00 bits per heavy atom. The predicted octanol–water partition coefficient (Wildman–Crippen LogP) is 5.90. The number of hydrogen-bond donors (Lipinski definition) is 2. The lowest BCUT2D eigenvalue weighted by molar-refractivity contribution is -0.123. The van der Waals surface area contributed by atoms with E-state index in [1.807, 2.05) is 48.5 Å². The number of carbonyl (C=O) groups excluding carboxylic acids is 3. The highest BCUT2D eigenvalue weighted by Gasteiger charge is 2.69. The van der Waals surface area contributed by atoms with E-state index in [4.69, 9.17) is 9.47 Å². The first kappa shape index (κ1) is 29.5. The fourth-order valence-corrected chi connectivity index (χ4v) is 11.4. The van der Waals surface area contributed by atoms with Crippen LogP contribution in [-0.4, -0.2) is 41.7 Å². The van der Waals surface area contributed by atoms with Crippen LogP contribution in [0.25, 0.3) is 0 Å². The highest BCUT2D eigenvalue weighted by atomic mass is 79.9. The lowest BCUT2D eigenvalue weighted by atomic mass is 9.68. The van der Waals surface area contributed by atoms with Gasteiger partial charge >= 0.3 is 4.87 Å². The quantitative estimate of drug-likeness (QED) is 0.229. The molecular formula is C34H28BrN3O6S2. The van der Waals surface area contributed by atoms with Gasteiger partial charge in [0.2, 0.25) is 11.8 Å². The van der Waals surface area contributed by atoms with Crippen LogP contribution in [0.3, 0.4) is 0 Å². The number of amides is 3. The minimum atomic E-state index is -0.436. The molecule has 4 aromatic rings. The van der Waals surface area contributed by atoms with Crippen LogP contribution in [0.2, 0.25) is 0 Å². The Hall–Kier alpha value is -3.87. The van der Waals surface area contributed by atoms with Crippen molar-refractivity contribution in [2.45, 2.75) is 22.6 Å². The summed E-state index contributed by atoms with van der Waals surface area (Å²) in [6.45, 7) is -0.199. The van der Waals surface area contributed by atoms with Gasteiger partial charge in [0.25, 0.3) is 5.91 Å². The first-order valence-electron chi connectivity index (χ1n) is 15.0. The van der Waals surface area contributed by atoms with Crippen LogP contribution in [0.15, 0.2) is 87.1 Å². The van der Waals surface area contributed by atoms with Gasteiger partial charge in [0.05, 0.1) is 29.7 Å². The molecule has 3 aromatic carbocycles. The van der Waals surface area contributed by atoms with E-state index in [0.29, 0.717) is 22.9 Å². The number of para-hydroxylation sites is 1. The molecule has 12 heteroatoms. The molecule has 2 bridgehead atoms. The summed E-state index contributed by atoms with van der Waals surface area (Å²) in [6.07, 6.45) is 0.769. The number of methoxy groups -OCH3 is 1. The van der Waals surface area contributed by atoms with Crippen LogP contribution >= 0.6 is 39.0 Å². The monoisotopic (exact) mass is 717 g/mol. The van der Waals surface area contributed by atoms with Crippen molar-refractivity contribution >= 4 is 68.1 Å². The minimum Gasteiger partial charge on any atom is -0.497 e. The SMILES string of the molecule is COc1ccc(N2C(=O)C3C4CC(C3C2=O)C2C4Sc3[nH]c(=O)sc3[C@@H]2c2cc(Br)ccc2OCC(=O)Nc2ccccc2)cc1. The molecule has 0 radical (unpaired) electrons. The average molecular weight is 719 g/mol. The average Bonchev–Trinajstić information content (AvgIpc) is 3.79. The third-order valence-electron chi connectivity index (χ3n) is 9.78. The van der Waals surface area contributed by atoms with Gasteiger partial charge in [-0.2, -0.15) is 0 Å². The molecule has 4 aliphatic rings. The number of imide groups is 1. The van der Waals surface area contributed by atoms with E-state index in [1.54, 1.807) is 43.1 Å². The Kier molecular flexibility index (Phi) is 7.34. The van der Waals surface area contributed by atoms with E-state index in [2.05, 4.69) is 26.2 Å². The summed E-state index contributed by atoms with van der Waals surface area (Å²) in [5, 5.41) is 3.69. The van der Waals surface area contributed by atoms with Crippen molar-refractivity contribution in [2.75, 3.05) is 23.9 Å². The van der Waals surface area contributed by atoms with Crippen LogP contribution in [-0.2, 0) is 14.4 Å². The van der Waals surface area contributed by atoms with E-state index in [-0.39, 0.29) is 58.1 Å². The Morgan fingerprint density at radius 3 is 2.48 bits per heavy atom. The molecule has 3 fully saturated rings. The normalized spacial score (nSPS) is 27.3. The Bertz CT molecular complexity index is 1930. The van der Waals surface area contributed by atoms with Crippen LogP contribution in [0.1, 0.15) is 22.8 Å². The zero-order valence-electron chi connectivity index (χ0n) is 24.5. The summed E-state index contributed by atoms with van der Waals surface area (Å²) in [4.78, 5) is 58.8. The molecule has 2 aliphatic carbocycles. The summed E-state index contributed by atoms with van der Waals surface area (Å²) in [5.74, 6) is -0.597. The molecule has 7 atom stereocenters. The number of aromatic nitrogens is 1. The van der Waals surface area contributed by atoms with Crippen LogP contribution in [0.4, 0.5) is 11.4 Å². The number of hydrogen-bond acceptors (Lipinski definition) is 8. The molecule has 0 spiro atoms. The number of nitrogens with one attached hydrogen (secondary N) is 2. The van der Waals surface area contributed by atoms with Gasteiger partial charge in [-0.15, -0.1) is 11.8 Å². The van der Waals surface area contributed by atoms with Crippen molar-refractivity contribution in [3.8, 4) is 11.5 Å². The van der Waals surface area contributed by atoms with E-state index >= 15 is 0 Å². The first-order valence-corrected chi connectivity index (χ1v) is 17.5. The fourth-order valence-electron chi connectivity index (χ4n) is 8.11. The smallest absolute Gasteiger partial charge is 0.305 e. The summed E-state index contributed by atoms with van der Waals surface area (Å²) < 4.78 is 12.3. The fraction of sp³-hybridized carbons (Fsp3) is 0.294. The molecule has 1 saturated heterocycles. The number of benzene rings is 3.